The number of hydrogen-bond donors (Lipinski definition) is 0. The van der Waals surface area contributed by atoms with Gasteiger partial charge in [-0.15, -0.1) is 0 Å². The number of alkyl halides is 1. The number of benzene rings is 1. The van der Waals surface area contributed by atoms with Crippen LogP contribution in [-0.2, 0) is 5.33 Å². The molecule has 0 saturated heterocycles. The molecule has 0 radical (unpaired) electrons. The van der Waals surface area contributed by atoms with Gasteiger partial charge >= 0.3 is 0 Å². The topological polar surface area (TPSA) is 0 Å². The van der Waals surface area contributed by atoms with Crippen LogP contribution >= 0.6 is 27.5 Å². The zero-order valence-corrected chi connectivity index (χ0v) is 8.34. The van der Waals surface area contributed by atoms with E-state index in [0.29, 0.717) is 10.9 Å². The summed E-state index contributed by atoms with van der Waals surface area (Å²) < 4.78 is 13.0. The maximum Gasteiger partial charge on any atom is 0.144 e. The Morgan fingerprint density at radius 2 is 2.18 bits per heavy atom. The summed E-state index contributed by atoms with van der Waals surface area (Å²) >= 11 is 8.81. The molecule has 0 fully saturated rings. The van der Waals surface area contributed by atoms with E-state index in [0.717, 1.165) is 5.56 Å². The van der Waals surface area contributed by atoms with Gasteiger partial charge in [-0.25, -0.2) is 4.39 Å². The zero-order valence-electron chi connectivity index (χ0n) is 6.00. The molecular weight excluding hydrogens is 230 g/mol. The summed E-state index contributed by atoms with van der Waals surface area (Å²) in [5.41, 5.74) is 1.56. The average molecular weight is 237 g/mol. The summed E-state index contributed by atoms with van der Waals surface area (Å²) in [6, 6.07) is 3.38. The summed E-state index contributed by atoms with van der Waals surface area (Å²) in [5.74, 6) is -0.316. The molecule has 0 spiro atoms. The molecule has 0 unspecified atom stereocenters. The van der Waals surface area contributed by atoms with Crippen LogP contribution in [0.5, 0.6) is 0 Å². The van der Waals surface area contributed by atoms with Crippen molar-refractivity contribution < 1.29 is 4.39 Å². The molecule has 1 aromatic carbocycles. The van der Waals surface area contributed by atoms with Crippen LogP contribution in [0.4, 0.5) is 4.39 Å². The molecule has 3 heteroatoms. The van der Waals surface area contributed by atoms with Crippen LogP contribution in [-0.4, -0.2) is 0 Å². The molecule has 0 aliphatic heterocycles. The van der Waals surface area contributed by atoms with Gasteiger partial charge < -0.3 is 0 Å². The Morgan fingerprint density at radius 1 is 1.55 bits per heavy atom. The second-order valence-corrected chi connectivity index (χ2v) is 3.25. The standard InChI is InChI=1S/C8H7BrClF/c1-5-6(4-9)2-3-7(10)8(5)11/h2-3H,4H2,1H3. The van der Waals surface area contributed by atoms with Gasteiger partial charge in [-0.2, -0.15) is 0 Å². The third kappa shape index (κ3) is 1.74. The molecule has 0 N–H and O–H groups in total. The van der Waals surface area contributed by atoms with Gasteiger partial charge in [0.15, 0.2) is 0 Å². The van der Waals surface area contributed by atoms with Crippen molar-refractivity contribution in [1.82, 2.24) is 0 Å². The van der Waals surface area contributed by atoms with Crippen LogP contribution in [0, 0.1) is 12.7 Å². The molecule has 11 heavy (non-hydrogen) atoms. The second-order valence-electron chi connectivity index (χ2n) is 2.28. The fourth-order valence-electron chi connectivity index (χ4n) is 0.837. The Labute approximate surface area is 78.5 Å². The third-order valence-corrected chi connectivity index (χ3v) is 2.49. The minimum atomic E-state index is -0.316. The lowest BCUT2D eigenvalue weighted by atomic mass is 10.1. The van der Waals surface area contributed by atoms with Crippen molar-refractivity contribution in [1.29, 1.82) is 0 Å². The van der Waals surface area contributed by atoms with Gasteiger partial charge in [0.1, 0.15) is 5.82 Å². The van der Waals surface area contributed by atoms with Crippen LogP contribution < -0.4 is 0 Å². The first-order chi connectivity index (χ1) is 5.16. The zero-order chi connectivity index (χ0) is 8.43. The van der Waals surface area contributed by atoms with E-state index in [1.165, 1.54) is 0 Å². The van der Waals surface area contributed by atoms with Crippen LogP contribution in [0.1, 0.15) is 11.1 Å². The average Bonchev–Trinajstić information content (AvgIpc) is 2.01. The molecule has 0 aliphatic carbocycles. The minimum absolute atomic E-state index is 0.187. The van der Waals surface area contributed by atoms with Gasteiger partial charge in [-0.1, -0.05) is 33.6 Å². The molecule has 0 aromatic heterocycles. The van der Waals surface area contributed by atoms with Crippen molar-refractivity contribution in [2.24, 2.45) is 0 Å². The largest absolute Gasteiger partial charge is 0.205 e. The lowest BCUT2D eigenvalue weighted by Gasteiger charge is -2.03. The van der Waals surface area contributed by atoms with Gasteiger partial charge in [0, 0.05) is 5.33 Å². The van der Waals surface area contributed by atoms with E-state index < -0.39 is 0 Å². The fourth-order valence-corrected chi connectivity index (χ4v) is 1.65. The van der Waals surface area contributed by atoms with Gasteiger partial charge in [0.05, 0.1) is 5.02 Å². The Hall–Kier alpha value is -0.0800. The molecule has 0 amide bonds. The summed E-state index contributed by atoms with van der Waals surface area (Å²) in [5, 5.41) is 0.847. The first kappa shape index (κ1) is 9.01. The van der Waals surface area contributed by atoms with E-state index in [1.807, 2.05) is 6.07 Å². The molecule has 1 aromatic rings. The summed E-state index contributed by atoms with van der Waals surface area (Å²) in [6.07, 6.45) is 0. The molecule has 60 valence electrons. The van der Waals surface area contributed by atoms with Crippen molar-refractivity contribution in [2.45, 2.75) is 12.3 Å². The number of rotatable bonds is 1. The van der Waals surface area contributed by atoms with Gasteiger partial charge in [-0.05, 0) is 24.1 Å². The Balaban J connectivity index is 3.25. The highest BCUT2D eigenvalue weighted by Gasteiger charge is 2.06. The SMILES string of the molecule is Cc1c(CBr)ccc(Cl)c1F. The predicted octanol–water partition coefficient (Wildman–Crippen LogP) is 3.68. The first-order valence-electron chi connectivity index (χ1n) is 3.16. The molecule has 0 saturated carbocycles. The monoisotopic (exact) mass is 236 g/mol. The van der Waals surface area contributed by atoms with E-state index >= 15 is 0 Å². The van der Waals surface area contributed by atoms with E-state index in [-0.39, 0.29) is 10.8 Å². The Morgan fingerprint density at radius 3 is 2.73 bits per heavy atom. The minimum Gasteiger partial charge on any atom is -0.205 e. The molecule has 0 aliphatic rings. The Bertz CT molecular complexity index is 273. The van der Waals surface area contributed by atoms with Gasteiger partial charge in [0.2, 0.25) is 0 Å². The second kappa shape index (κ2) is 3.55. The van der Waals surface area contributed by atoms with E-state index in [2.05, 4.69) is 15.9 Å². The van der Waals surface area contributed by atoms with Crippen molar-refractivity contribution >= 4 is 27.5 Å². The molecule has 0 bridgehead atoms. The molecule has 0 nitrogen and oxygen atoms in total. The number of halogens is 3. The summed E-state index contributed by atoms with van der Waals surface area (Å²) in [6.45, 7) is 1.72. The maximum absolute atomic E-state index is 13.0. The maximum atomic E-state index is 13.0. The summed E-state index contributed by atoms with van der Waals surface area (Å²) in [4.78, 5) is 0. The van der Waals surface area contributed by atoms with Crippen LogP contribution in [0.3, 0.4) is 0 Å². The van der Waals surface area contributed by atoms with Crippen molar-refractivity contribution in [3.05, 3.63) is 34.1 Å². The van der Waals surface area contributed by atoms with Gasteiger partial charge in [-0.3, -0.25) is 0 Å². The van der Waals surface area contributed by atoms with Crippen LogP contribution in [0.15, 0.2) is 12.1 Å². The van der Waals surface area contributed by atoms with Crippen LogP contribution in [0.2, 0.25) is 5.02 Å². The lowest BCUT2D eigenvalue weighted by molar-refractivity contribution is 0.617. The Kier molecular flexibility index (Phi) is 2.90. The highest BCUT2D eigenvalue weighted by atomic mass is 79.9. The number of hydrogen-bond acceptors (Lipinski definition) is 0. The highest BCUT2D eigenvalue weighted by molar-refractivity contribution is 9.08. The van der Waals surface area contributed by atoms with E-state index in [1.54, 1.807) is 13.0 Å². The predicted molar refractivity (Wildman–Crippen MR) is 48.8 cm³/mol. The van der Waals surface area contributed by atoms with E-state index in [9.17, 15) is 4.39 Å². The van der Waals surface area contributed by atoms with Crippen molar-refractivity contribution in [3.8, 4) is 0 Å². The first-order valence-corrected chi connectivity index (χ1v) is 4.66. The third-order valence-electron chi connectivity index (χ3n) is 1.60. The smallest absolute Gasteiger partial charge is 0.144 e. The molecule has 0 heterocycles. The van der Waals surface area contributed by atoms with E-state index in [4.69, 9.17) is 11.6 Å². The normalized spacial score (nSPS) is 10.2. The molecular formula is C8H7BrClF. The lowest BCUT2D eigenvalue weighted by Crippen LogP contribution is -1.89. The quantitative estimate of drug-likeness (QED) is 0.654. The van der Waals surface area contributed by atoms with Crippen molar-refractivity contribution in [2.75, 3.05) is 0 Å². The van der Waals surface area contributed by atoms with Crippen LogP contribution in [0.25, 0.3) is 0 Å². The summed E-state index contributed by atoms with van der Waals surface area (Å²) in [7, 11) is 0. The van der Waals surface area contributed by atoms with Gasteiger partial charge in [0.25, 0.3) is 0 Å². The molecule has 0 atom stereocenters. The van der Waals surface area contributed by atoms with Crippen molar-refractivity contribution in [3.63, 3.8) is 0 Å². The molecule has 1 rings (SSSR count). The highest BCUT2D eigenvalue weighted by Crippen LogP contribution is 2.22. The fraction of sp³-hybridized carbons (Fsp3) is 0.250.